The van der Waals surface area contributed by atoms with E-state index >= 15 is 0 Å². The first-order chi connectivity index (χ1) is 14.0. The molecule has 0 saturated heterocycles. The number of nitro groups is 1. The van der Waals surface area contributed by atoms with E-state index < -0.39 is 10.8 Å². The zero-order chi connectivity index (χ0) is 20.6. The average molecular weight is 410 g/mol. The molecule has 0 bridgehead atoms. The molecule has 3 aromatic rings. The van der Waals surface area contributed by atoms with Crippen LogP contribution < -0.4 is 10.2 Å². The number of nitrogens with one attached hydrogen (secondary N) is 1. The topological polar surface area (TPSA) is 93.8 Å². The quantitative estimate of drug-likeness (QED) is 0.354. The van der Waals surface area contributed by atoms with Gasteiger partial charge < -0.3 is 4.74 Å². The lowest BCUT2D eigenvalue weighted by atomic mass is 10.1. The van der Waals surface area contributed by atoms with Crippen molar-refractivity contribution in [2.24, 2.45) is 5.10 Å². The van der Waals surface area contributed by atoms with Gasteiger partial charge in [-0.2, -0.15) is 5.10 Å². The fraction of sp³-hybridized carbons (Fsp3) is 0.0476. The highest BCUT2D eigenvalue weighted by Gasteiger charge is 2.08. The van der Waals surface area contributed by atoms with E-state index in [0.717, 1.165) is 11.1 Å². The van der Waals surface area contributed by atoms with Gasteiger partial charge in [0, 0.05) is 22.7 Å². The van der Waals surface area contributed by atoms with Crippen LogP contribution in [0.4, 0.5) is 5.69 Å². The highest BCUT2D eigenvalue weighted by molar-refractivity contribution is 6.33. The summed E-state index contributed by atoms with van der Waals surface area (Å²) in [5.74, 6) is 0.0699. The second kappa shape index (κ2) is 9.48. The van der Waals surface area contributed by atoms with Crippen LogP contribution in [0.25, 0.3) is 11.1 Å². The number of hydrogen-bond acceptors (Lipinski definition) is 5. The molecule has 0 heterocycles. The second-order valence-corrected chi connectivity index (χ2v) is 6.34. The Bertz CT molecular complexity index is 1040. The third-order valence-electron chi connectivity index (χ3n) is 3.91. The number of benzene rings is 3. The first-order valence-corrected chi connectivity index (χ1v) is 8.95. The van der Waals surface area contributed by atoms with Crippen molar-refractivity contribution in [1.29, 1.82) is 0 Å². The zero-order valence-corrected chi connectivity index (χ0v) is 15.9. The molecule has 7 nitrogen and oxygen atoms in total. The highest BCUT2D eigenvalue weighted by atomic mass is 35.5. The van der Waals surface area contributed by atoms with E-state index in [9.17, 15) is 14.9 Å². The van der Waals surface area contributed by atoms with Gasteiger partial charge in [-0.3, -0.25) is 14.9 Å². The Hall–Kier alpha value is -3.71. The summed E-state index contributed by atoms with van der Waals surface area (Å²) in [5, 5.41) is 14.8. The van der Waals surface area contributed by atoms with Crippen LogP contribution in [0.15, 0.2) is 77.9 Å². The molecule has 3 aromatic carbocycles. The Morgan fingerprint density at radius 3 is 2.45 bits per heavy atom. The largest absolute Gasteiger partial charge is 0.484 e. The van der Waals surface area contributed by atoms with Gasteiger partial charge in [0.15, 0.2) is 6.61 Å². The van der Waals surface area contributed by atoms with Gasteiger partial charge in [-0.05, 0) is 29.3 Å². The van der Waals surface area contributed by atoms with E-state index in [1.807, 2.05) is 42.5 Å². The van der Waals surface area contributed by atoms with Crippen LogP contribution in [0, 0.1) is 10.1 Å². The fourth-order valence-electron chi connectivity index (χ4n) is 2.47. The maximum atomic E-state index is 11.9. The molecule has 1 N–H and O–H groups in total. The summed E-state index contributed by atoms with van der Waals surface area (Å²) >= 11 is 5.96. The van der Waals surface area contributed by atoms with Gasteiger partial charge in [0.2, 0.25) is 0 Å². The first-order valence-electron chi connectivity index (χ1n) is 8.57. The number of ether oxygens (including phenoxy) is 1. The summed E-state index contributed by atoms with van der Waals surface area (Å²) in [5.41, 5.74) is 4.62. The fourth-order valence-corrected chi connectivity index (χ4v) is 2.64. The van der Waals surface area contributed by atoms with E-state index in [1.165, 1.54) is 24.4 Å². The van der Waals surface area contributed by atoms with Gasteiger partial charge >= 0.3 is 0 Å². The predicted molar refractivity (Wildman–Crippen MR) is 111 cm³/mol. The van der Waals surface area contributed by atoms with Crippen molar-refractivity contribution >= 4 is 29.4 Å². The summed E-state index contributed by atoms with van der Waals surface area (Å²) < 4.78 is 5.43. The van der Waals surface area contributed by atoms with Gasteiger partial charge in [0.05, 0.1) is 11.1 Å². The lowest BCUT2D eigenvalue weighted by molar-refractivity contribution is -0.384. The monoisotopic (exact) mass is 409 g/mol. The van der Waals surface area contributed by atoms with Crippen molar-refractivity contribution in [2.45, 2.75) is 0 Å². The minimum absolute atomic E-state index is 0.121. The summed E-state index contributed by atoms with van der Waals surface area (Å²) in [6.07, 6.45) is 1.24. The average Bonchev–Trinajstić information content (AvgIpc) is 2.74. The minimum atomic E-state index is -0.539. The van der Waals surface area contributed by atoms with Gasteiger partial charge in [-0.25, -0.2) is 5.43 Å². The van der Waals surface area contributed by atoms with Gasteiger partial charge in [-0.1, -0.05) is 54.1 Å². The number of non-ortho nitro benzene ring substituents is 1. The number of carbonyl (C=O) groups excluding carboxylic acids is 1. The predicted octanol–water partition coefficient (Wildman–Crippen LogP) is 4.44. The van der Waals surface area contributed by atoms with E-state index in [4.69, 9.17) is 16.3 Å². The maximum absolute atomic E-state index is 11.9. The van der Waals surface area contributed by atoms with Crippen LogP contribution in [0.2, 0.25) is 5.02 Å². The van der Waals surface area contributed by atoms with Crippen molar-refractivity contribution in [1.82, 2.24) is 5.43 Å². The van der Waals surface area contributed by atoms with Crippen LogP contribution in [0.5, 0.6) is 5.75 Å². The number of carbonyl (C=O) groups is 1. The Balaban J connectivity index is 1.52. The number of nitrogens with zero attached hydrogens (tertiary/aromatic N) is 2. The molecule has 0 unspecified atom stereocenters. The van der Waals surface area contributed by atoms with E-state index in [1.54, 1.807) is 12.1 Å². The number of nitro benzene ring substituents is 1. The molecule has 146 valence electrons. The Labute approximate surface area is 171 Å². The van der Waals surface area contributed by atoms with E-state index in [2.05, 4.69) is 10.5 Å². The summed E-state index contributed by atoms with van der Waals surface area (Å²) in [6.45, 7) is -0.231. The smallest absolute Gasteiger partial charge is 0.277 e. The lowest BCUT2D eigenvalue weighted by Gasteiger charge is -2.06. The third-order valence-corrected chi connectivity index (χ3v) is 4.26. The number of amides is 1. The SMILES string of the molecule is O=C(COc1ccc(-c2ccccc2)cc1)N/N=C/c1cc([N+](=O)[O-])ccc1Cl. The standard InChI is InChI=1S/C21H16ClN3O4/c22-20-11-8-18(25(27)28)12-17(20)13-23-24-21(26)14-29-19-9-6-16(7-10-19)15-4-2-1-3-5-15/h1-13H,14H2,(H,24,26)/b23-13+. The molecule has 0 radical (unpaired) electrons. The molecule has 3 rings (SSSR count). The summed E-state index contributed by atoms with van der Waals surface area (Å²) in [6, 6.07) is 21.2. The lowest BCUT2D eigenvalue weighted by Crippen LogP contribution is -2.24. The van der Waals surface area contributed by atoms with E-state index in [-0.39, 0.29) is 17.3 Å². The third kappa shape index (κ3) is 5.63. The molecule has 0 saturated carbocycles. The van der Waals surface area contributed by atoms with Gasteiger partial charge in [-0.15, -0.1) is 0 Å². The van der Waals surface area contributed by atoms with Crippen molar-refractivity contribution in [3.63, 3.8) is 0 Å². The maximum Gasteiger partial charge on any atom is 0.277 e. The Morgan fingerprint density at radius 2 is 1.76 bits per heavy atom. The van der Waals surface area contributed by atoms with Crippen LogP contribution in [-0.4, -0.2) is 23.7 Å². The normalized spacial score (nSPS) is 10.7. The van der Waals surface area contributed by atoms with Crippen molar-refractivity contribution < 1.29 is 14.5 Å². The van der Waals surface area contributed by atoms with Crippen molar-refractivity contribution in [3.8, 4) is 16.9 Å². The van der Waals surface area contributed by atoms with Crippen LogP contribution in [0.3, 0.4) is 0 Å². The van der Waals surface area contributed by atoms with Crippen LogP contribution >= 0.6 is 11.6 Å². The zero-order valence-electron chi connectivity index (χ0n) is 15.1. The van der Waals surface area contributed by atoms with Gasteiger partial charge in [0.1, 0.15) is 5.75 Å². The molecular formula is C21H16ClN3O4. The molecule has 0 fully saturated rings. The molecule has 0 aliphatic carbocycles. The van der Waals surface area contributed by atoms with Crippen molar-refractivity contribution in [2.75, 3.05) is 6.61 Å². The van der Waals surface area contributed by atoms with Gasteiger partial charge in [0.25, 0.3) is 11.6 Å². The minimum Gasteiger partial charge on any atom is -0.484 e. The molecular weight excluding hydrogens is 394 g/mol. The summed E-state index contributed by atoms with van der Waals surface area (Å²) in [4.78, 5) is 22.1. The number of halogens is 1. The first kappa shape index (κ1) is 20.0. The summed E-state index contributed by atoms with van der Waals surface area (Å²) in [7, 11) is 0. The van der Waals surface area contributed by atoms with Crippen LogP contribution in [-0.2, 0) is 4.79 Å². The Morgan fingerprint density at radius 1 is 1.07 bits per heavy atom. The number of rotatable bonds is 7. The molecule has 1 amide bonds. The second-order valence-electron chi connectivity index (χ2n) is 5.94. The van der Waals surface area contributed by atoms with Crippen molar-refractivity contribution in [3.05, 3.63) is 93.5 Å². The van der Waals surface area contributed by atoms with E-state index in [0.29, 0.717) is 11.3 Å². The molecule has 0 aliphatic rings. The molecule has 29 heavy (non-hydrogen) atoms. The molecule has 0 aliphatic heterocycles. The van der Waals surface area contributed by atoms with Crippen LogP contribution in [0.1, 0.15) is 5.56 Å². The number of hydrazone groups is 1. The molecule has 0 spiro atoms. The number of hydrogen-bond donors (Lipinski definition) is 1. The highest BCUT2D eigenvalue weighted by Crippen LogP contribution is 2.22. The molecule has 0 aromatic heterocycles. The molecule has 0 atom stereocenters. The Kier molecular flexibility index (Phi) is 6.55. The molecule has 8 heteroatoms.